The predicted octanol–water partition coefficient (Wildman–Crippen LogP) is 5.15. The van der Waals surface area contributed by atoms with Crippen LogP contribution >= 0.6 is 0 Å². The molecule has 0 aromatic heterocycles. The Bertz CT molecular complexity index is 897. The third kappa shape index (κ3) is 6.65. The fourth-order valence-electron chi connectivity index (χ4n) is 5.23. The van der Waals surface area contributed by atoms with Crippen molar-refractivity contribution >= 4 is 11.5 Å². The molecule has 2 saturated heterocycles. The molecule has 3 rings (SSSR count). The second-order valence-corrected chi connectivity index (χ2v) is 10.3. The summed E-state index contributed by atoms with van der Waals surface area (Å²) in [6, 6.07) is 5.12. The maximum absolute atomic E-state index is 4.73. The first-order chi connectivity index (χ1) is 16.2. The normalized spacial score (nSPS) is 18.8. The van der Waals surface area contributed by atoms with Gasteiger partial charge in [-0.15, -0.1) is 0 Å². The second kappa shape index (κ2) is 11.9. The van der Waals surface area contributed by atoms with Crippen molar-refractivity contribution < 1.29 is 0 Å². The Morgan fingerprint density at radius 2 is 1.50 bits per heavy atom. The number of aliphatic imine (C=N–C) groups is 1. The molecule has 188 valence electrons. The average molecular weight is 466 g/mol. The van der Waals surface area contributed by atoms with Crippen LogP contribution in [0.2, 0.25) is 0 Å². The van der Waals surface area contributed by atoms with Crippen molar-refractivity contribution in [3.8, 4) is 0 Å². The Morgan fingerprint density at radius 1 is 0.912 bits per heavy atom. The highest BCUT2D eigenvalue weighted by Gasteiger charge is 2.22. The molecule has 2 heterocycles. The smallest absolute Gasteiger partial charge is 0.0961 e. The maximum atomic E-state index is 4.73. The summed E-state index contributed by atoms with van der Waals surface area (Å²) in [5.41, 5.74) is 8.07. The van der Waals surface area contributed by atoms with Crippen LogP contribution in [0, 0.1) is 13.8 Å². The third-order valence-corrected chi connectivity index (χ3v) is 7.32. The van der Waals surface area contributed by atoms with Crippen LogP contribution in [0.5, 0.6) is 0 Å². The van der Waals surface area contributed by atoms with E-state index in [-0.39, 0.29) is 0 Å². The van der Waals surface area contributed by atoms with Gasteiger partial charge in [0.05, 0.1) is 5.84 Å². The molecule has 0 amide bonds. The predicted molar refractivity (Wildman–Crippen MR) is 147 cm³/mol. The summed E-state index contributed by atoms with van der Waals surface area (Å²) in [7, 11) is 0. The monoisotopic (exact) mass is 465 g/mol. The van der Waals surface area contributed by atoms with Crippen molar-refractivity contribution in [3.05, 3.63) is 52.7 Å². The van der Waals surface area contributed by atoms with E-state index in [4.69, 9.17) is 4.99 Å². The van der Waals surface area contributed by atoms with E-state index in [2.05, 4.69) is 92.9 Å². The second-order valence-electron chi connectivity index (χ2n) is 10.3. The Kier molecular flexibility index (Phi) is 9.24. The van der Waals surface area contributed by atoms with E-state index in [9.17, 15) is 0 Å². The number of nitrogens with zero attached hydrogens (tertiary/aromatic N) is 5. The minimum Gasteiger partial charge on any atom is -0.373 e. The molecule has 0 spiro atoms. The molecular weight excluding hydrogens is 418 g/mol. The summed E-state index contributed by atoms with van der Waals surface area (Å²) < 4.78 is 0. The lowest BCUT2D eigenvalue weighted by atomic mass is 9.97. The molecule has 2 aliphatic heterocycles. The van der Waals surface area contributed by atoms with Gasteiger partial charge in [-0.2, -0.15) is 0 Å². The minimum atomic E-state index is 0.349. The quantitative estimate of drug-likeness (QED) is 0.411. The Labute approximate surface area is 208 Å². The largest absolute Gasteiger partial charge is 0.373 e. The molecule has 1 aromatic rings. The minimum absolute atomic E-state index is 0.349. The number of rotatable bonds is 7. The molecular formula is C29H47N5. The van der Waals surface area contributed by atoms with E-state index < -0.39 is 0 Å². The fraction of sp³-hybridized carbons (Fsp3) is 0.621. The van der Waals surface area contributed by atoms with Gasteiger partial charge in [-0.1, -0.05) is 25.6 Å². The van der Waals surface area contributed by atoms with E-state index in [1.54, 1.807) is 0 Å². The van der Waals surface area contributed by atoms with Crippen molar-refractivity contribution in [1.82, 2.24) is 19.6 Å². The number of piperazine rings is 2. The number of aryl methyl sites for hydroxylation is 2. The molecule has 0 N–H and O–H groups in total. The first-order valence-corrected chi connectivity index (χ1v) is 13.2. The third-order valence-electron chi connectivity index (χ3n) is 7.32. The maximum Gasteiger partial charge on any atom is 0.0961 e. The number of amidine groups is 1. The van der Waals surface area contributed by atoms with Gasteiger partial charge in [-0.3, -0.25) is 9.89 Å². The molecule has 0 unspecified atom stereocenters. The van der Waals surface area contributed by atoms with E-state index >= 15 is 0 Å². The molecule has 5 nitrogen and oxygen atoms in total. The Hall–Kier alpha value is -2.27. The highest BCUT2D eigenvalue weighted by molar-refractivity contribution is 5.80. The topological polar surface area (TPSA) is 25.3 Å². The fourth-order valence-corrected chi connectivity index (χ4v) is 5.23. The van der Waals surface area contributed by atoms with Crippen LogP contribution < -0.4 is 0 Å². The van der Waals surface area contributed by atoms with Gasteiger partial charge >= 0.3 is 0 Å². The van der Waals surface area contributed by atoms with Gasteiger partial charge in [-0.05, 0) is 70.7 Å². The molecule has 2 fully saturated rings. The zero-order valence-corrected chi connectivity index (χ0v) is 22.8. The number of allylic oxidation sites excluding steroid dienone is 2. The van der Waals surface area contributed by atoms with E-state index in [1.807, 2.05) is 0 Å². The van der Waals surface area contributed by atoms with Crippen LogP contribution in [-0.2, 0) is 6.54 Å². The van der Waals surface area contributed by atoms with Gasteiger partial charge in [0, 0.05) is 81.9 Å². The molecule has 0 bridgehead atoms. The number of benzene rings is 1. The Morgan fingerprint density at radius 3 is 2.09 bits per heavy atom. The van der Waals surface area contributed by atoms with Gasteiger partial charge < -0.3 is 14.7 Å². The summed E-state index contributed by atoms with van der Waals surface area (Å²) in [6.07, 6.45) is 3.46. The first kappa shape index (κ1) is 26.3. The lowest BCUT2D eigenvalue weighted by molar-refractivity contribution is 0.152. The van der Waals surface area contributed by atoms with E-state index in [1.165, 1.54) is 33.6 Å². The van der Waals surface area contributed by atoms with Crippen LogP contribution in [0.15, 0.2) is 35.5 Å². The average Bonchev–Trinajstić information content (AvgIpc) is 2.80. The van der Waals surface area contributed by atoms with Gasteiger partial charge in [0.2, 0.25) is 0 Å². The summed E-state index contributed by atoms with van der Waals surface area (Å²) in [5, 5.41) is 0. The SMILES string of the molecule is C=C(c1cc(CN2CCN(/C(C)=C/CC)CC2)c(C)cc1C)N1CCN(C(C)=NC(C)C)CC1. The molecule has 34 heavy (non-hydrogen) atoms. The van der Waals surface area contributed by atoms with Crippen molar-refractivity contribution in [2.75, 3.05) is 52.4 Å². The molecule has 5 heteroatoms. The summed E-state index contributed by atoms with van der Waals surface area (Å²) >= 11 is 0. The van der Waals surface area contributed by atoms with Gasteiger partial charge in [0.25, 0.3) is 0 Å². The highest BCUT2D eigenvalue weighted by Crippen LogP contribution is 2.27. The zero-order valence-electron chi connectivity index (χ0n) is 22.8. The first-order valence-electron chi connectivity index (χ1n) is 13.2. The van der Waals surface area contributed by atoms with Crippen molar-refractivity contribution in [2.45, 2.75) is 67.5 Å². The molecule has 0 radical (unpaired) electrons. The lowest BCUT2D eigenvalue weighted by Gasteiger charge is -2.39. The Balaban J connectivity index is 1.63. The standard InChI is InChI=1S/C29H47N5/c1-9-10-25(6)32-13-11-31(12-14-32)21-28-20-29(24(5)19-23(28)4)26(7)33-15-17-34(18-16-33)27(8)30-22(2)3/h10,19-20,22H,7,9,11-18,21H2,1-6,8H3/b25-10+,30-27?. The number of hydrogen-bond donors (Lipinski definition) is 0. The van der Waals surface area contributed by atoms with Crippen LogP contribution in [0.25, 0.3) is 5.70 Å². The zero-order chi connectivity index (χ0) is 24.8. The van der Waals surface area contributed by atoms with Crippen molar-refractivity contribution in [2.24, 2.45) is 4.99 Å². The summed E-state index contributed by atoms with van der Waals surface area (Å²) in [5.74, 6) is 1.16. The van der Waals surface area contributed by atoms with E-state index in [0.29, 0.717) is 6.04 Å². The van der Waals surface area contributed by atoms with Crippen LogP contribution in [0.4, 0.5) is 0 Å². The lowest BCUT2D eigenvalue weighted by Crippen LogP contribution is -2.47. The van der Waals surface area contributed by atoms with Crippen molar-refractivity contribution in [1.29, 1.82) is 0 Å². The van der Waals surface area contributed by atoms with Crippen molar-refractivity contribution in [3.63, 3.8) is 0 Å². The molecule has 1 aromatic carbocycles. The molecule has 0 atom stereocenters. The molecule has 0 saturated carbocycles. The van der Waals surface area contributed by atoms with Crippen LogP contribution in [0.3, 0.4) is 0 Å². The van der Waals surface area contributed by atoms with Crippen LogP contribution in [0.1, 0.15) is 63.3 Å². The van der Waals surface area contributed by atoms with Gasteiger partial charge in [0.15, 0.2) is 0 Å². The van der Waals surface area contributed by atoms with Gasteiger partial charge in [0.1, 0.15) is 0 Å². The van der Waals surface area contributed by atoms with Crippen LogP contribution in [-0.4, -0.2) is 83.8 Å². The van der Waals surface area contributed by atoms with Gasteiger partial charge in [-0.25, -0.2) is 0 Å². The molecule has 0 aliphatic carbocycles. The summed E-state index contributed by atoms with van der Waals surface area (Å²) in [6.45, 7) is 29.5. The summed E-state index contributed by atoms with van der Waals surface area (Å²) in [4.78, 5) is 14.7. The molecule has 2 aliphatic rings. The van der Waals surface area contributed by atoms with E-state index in [0.717, 1.165) is 71.2 Å². The highest BCUT2D eigenvalue weighted by atomic mass is 15.3. The number of hydrogen-bond acceptors (Lipinski definition) is 4.